The van der Waals surface area contributed by atoms with Gasteiger partial charge in [0.25, 0.3) is 0 Å². The van der Waals surface area contributed by atoms with Crippen molar-refractivity contribution in [2.24, 2.45) is 0 Å². The van der Waals surface area contributed by atoms with E-state index in [9.17, 15) is 18.0 Å². The van der Waals surface area contributed by atoms with E-state index in [1.165, 1.54) is 18.2 Å². The Morgan fingerprint density at radius 1 is 1.06 bits per heavy atom. The summed E-state index contributed by atoms with van der Waals surface area (Å²) in [6.07, 6.45) is -2.48. The summed E-state index contributed by atoms with van der Waals surface area (Å²) < 4.78 is 41.3. The van der Waals surface area contributed by atoms with E-state index in [2.05, 4.69) is 20.4 Å². The zero-order valence-corrected chi connectivity index (χ0v) is 18.3. The van der Waals surface area contributed by atoms with E-state index in [1.54, 1.807) is 10.6 Å². The molecule has 11 heteroatoms. The fourth-order valence-electron chi connectivity index (χ4n) is 3.48. The van der Waals surface area contributed by atoms with Gasteiger partial charge in [-0.2, -0.15) is 13.2 Å². The van der Waals surface area contributed by atoms with Crippen LogP contribution in [0.15, 0.2) is 53.7 Å². The highest BCUT2D eigenvalue weighted by molar-refractivity contribution is 7.99. The zero-order chi connectivity index (χ0) is 22.7. The van der Waals surface area contributed by atoms with E-state index < -0.39 is 17.6 Å². The van der Waals surface area contributed by atoms with Crippen LogP contribution in [0, 0.1) is 0 Å². The molecule has 0 aliphatic carbocycles. The van der Waals surface area contributed by atoms with Crippen molar-refractivity contribution in [1.29, 1.82) is 0 Å². The molecule has 0 saturated carbocycles. The van der Waals surface area contributed by atoms with E-state index in [4.69, 9.17) is 11.6 Å². The number of thioether (sulfide) groups is 1. The highest BCUT2D eigenvalue weighted by Gasteiger charge is 2.33. The minimum absolute atomic E-state index is 0.144. The molecule has 32 heavy (non-hydrogen) atoms. The number of benzene rings is 2. The molecule has 2 aromatic carbocycles. The van der Waals surface area contributed by atoms with Crippen molar-refractivity contribution >= 4 is 40.9 Å². The van der Waals surface area contributed by atoms with Gasteiger partial charge < -0.3 is 10.2 Å². The molecule has 0 spiro atoms. The molecule has 1 saturated heterocycles. The number of hydrogen-bond donors (Lipinski definition) is 1. The van der Waals surface area contributed by atoms with Gasteiger partial charge in [0.15, 0.2) is 5.16 Å². The lowest BCUT2D eigenvalue weighted by molar-refractivity contribution is -0.137. The molecule has 168 valence electrons. The Bertz CT molecular complexity index is 1110. The molecule has 0 radical (unpaired) electrons. The first kappa shape index (κ1) is 22.5. The molecular formula is C21H19ClF3N5OS. The number of nitrogens with zero attached hydrogens (tertiary/aromatic N) is 4. The summed E-state index contributed by atoms with van der Waals surface area (Å²) in [5.74, 6) is -0.0986. The number of alkyl halides is 3. The van der Waals surface area contributed by atoms with Gasteiger partial charge in [0, 0.05) is 13.1 Å². The number of carbonyl (C=O) groups is 1. The average Bonchev–Trinajstić information content (AvgIpc) is 3.42. The molecule has 2 heterocycles. The SMILES string of the molecule is O=C(CSc1nnc(N2CCCC2)n1-c1ccccc1Cl)Nc1ccccc1C(F)(F)F. The second-order valence-electron chi connectivity index (χ2n) is 7.14. The lowest BCUT2D eigenvalue weighted by Crippen LogP contribution is -2.22. The van der Waals surface area contributed by atoms with Crippen LogP contribution in [-0.4, -0.2) is 39.5 Å². The number of rotatable bonds is 6. The van der Waals surface area contributed by atoms with E-state index in [1.807, 2.05) is 18.2 Å². The van der Waals surface area contributed by atoms with Crippen molar-refractivity contribution < 1.29 is 18.0 Å². The first-order valence-electron chi connectivity index (χ1n) is 9.89. The maximum Gasteiger partial charge on any atom is 0.418 e. The molecule has 1 aliphatic rings. The Hall–Kier alpha value is -2.72. The average molecular weight is 482 g/mol. The van der Waals surface area contributed by atoms with Gasteiger partial charge in [-0.1, -0.05) is 47.6 Å². The Morgan fingerprint density at radius 2 is 1.75 bits per heavy atom. The number of anilines is 2. The second-order valence-corrected chi connectivity index (χ2v) is 8.49. The number of nitrogens with one attached hydrogen (secondary N) is 1. The molecule has 0 atom stereocenters. The molecule has 4 rings (SSSR count). The highest BCUT2D eigenvalue weighted by atomic mass is 35.5. The number of carbonyl (C=O) groups excluding carboxylic acids is 1. The molecule has 1 amide bonds. The van der Waals surface area contributed by atoms with E-state index in [-0.39, 0.29) is 11.4 Å². The minimum Gasteiger partial charge on any atom is -0.341 e. The topological polar surface area (TPSA) is 63.1 Å². The van der Waals surface area contributed by atoms with Crippen LogP contribution in [0.1, 0.15) is 18.4 Å². The van der Waals surface area contributed by atoms with Crippen molar-refractivity contribution in [2.75, 3.05) is 29.1 Å². The van der Waals surface area contributed by atoms with Gasteiger partial charge in [-0.3, -0.25) is 9.36 Å². The minimum atomic E-state index is -4.56. The van der Waals surface area contributed by atoms with E-state index in [0.717, 1.165) is 43.8 Å². The Labute approximate surface area is 191 Å². The van der Waals surface area contributed by atoms with Crippen molar-refractivity contribution in [3.63, 3.8) is 0 Å². The standard InChI is InChI=1S/C21H19ClF3N5OS/c22-15-8-2-4-10-17(15)30-19(29-11-5-6-12-29)27-28-20(30)32-13-18(31)26-16-9-3-1-7-14(16)21(23,24)25/h1-4,7-10H,5-6,11-13H2,(H,26,31). The van der Waals surface area contributed by atoms with Crippen LogP contribution >= 0.6 is 23.4 Å². The number of aromatic nitrogens is 3. The Morgan fingerprint density at radius 3 is 2.47 bits per heavy atom. The normalized spacial score (nSPS) is 14.1. The summed E-state index contributed by atoms with van der Waals surface area (Å²) in [5.41, 5.74) is -0.503. The van der Waals surface area contributed by atoms with Crippen LogP contribution in [0.3, 0.4) is 0 Å². The van der Waals surface area contributed by atoms with Gasteiger partial charge in [-0.25, -0.2) is 0 Å². The molecular weight excluding hydrogens is 463 g/mol. The molecule has 1 N–H and O–H groups in total. The monoisotopic (exact) mass is 481 g/mol. The maximum absolute atomic E-state index is 13.2. The van der Waals surface area contributed by atoms with Crippen molar-refractivity contribution in [3.05, 3.63) is 59.1 Å². The lowest BCUT2D eigenvalue weighted by atomic mass is 10.1. The van der Waals surface area contributed by atoms with Crippen LogP contribution in [-0.2, 0) is 11.0 Å². The molecule has 0 unspecified atom stereocenters. The Kier molecular flexibility index (Phi) is 6.61. The number of para-hydroxylation sites is 2. The Balaban J connectivity index is 1.55. The lowest BCUT2D eigenvalue weighted by Gasteiger charge is -2.19. The summed E-state index contributed by atoms with van der Waals surface area (Å²) in [5, 5.41) is 11.8. The summed E-state index contributed by atoms with van der Waals surface area (Å²) >= 11 is 7.49. The maximum atomic E-state index is 13.2. The molecule has 1 fully saturated rings. The zero-order valence-electron chi connectivity index (χ0n) is 16.8. The van der Waals surface area contributed by atoms with Gasteiger partial charge in [-0.05, 0) is 37.1 Å². The van der Waals surface area contributed by atoms with Gasteiger partial charge in [0.05, 0.1) is 27.7 Å². The van der Waals surface area contributed by atoms with Crippen molar-refractivity contribution in [1.82, 2.24) is 14.8 Å². The van der Waals surface area contributed by atoms with Gasteiger partial charge in [0.2, 0.25) is 11.9 Å². The third-order valence-corrected chi connectivity index (χ3v) is 6.19. The van der Waals surface area contributed by atoms with Crippen molar-refractivity contribution in [2.45, 2.75) is 24.2 Å². The third kappa shape index (κ3) is 4.86. The van der Waals surface area contributed by atoms with Crippen LogP contribution in [0.2, 0.25) is 5.02 Å². The van der Waals surface area contributed by atoms with Crippen LogP contribution in [0.5, 0.6) is 0 Å². The summed E-state index contributed by atoms with van der Waals surface area (Å²) in [6.45, 7) is 1.67. The summed E-state index contributed by atoms with van der Waals surface area (Å²) in [7, 11) is 0. The smallest absolute Gasteiger partial charge is 0.341 e. The van der Waals surface area contributed by atoms with Crippen molar-refractivity contribution in [3.8, 4) is 5.69 Å². The van der Waals surface area contributed by atoms with Gasteiger partial charge >= 0.3 is 6.18 Å². The predicted octanol–water partition coefficient (Wildman–Crippen LogP) is 5.27. The van der Waals surface area contributed by atoms with Crippen LogP contribution in [0.25, 0.3) is 5.69 Å². The fourth-order valence-corrected chi connectivity index (χ4v) is 4.44. The van der Waals surface area contributed by atoms with E-state index in [0.29, 0.717) is 21.8 Å². The molecule has 0 bridgehead atoms. The van der Waals surface area contributed by atoms with Crippen LogP contribution in [0.4, 0.5) is 24.8 Å². The molecule has 3 aromatic rings. The third-order valence-electron chi connectivity index (χ3n) is 4.94. The molecule has 1 aliphatic heterocycles. The van der Waals surface area contributed by atoms with E-state index >= 15 is 0 Å². The second kappa shape index (κ2) is 9.41. The molecule has 1 aromatic heterocycles. The first-order chi connectivity index (χ1) is 15.3. The largest absolute Gasteiger partial charge is 0.418 e. The predicted molar refractivity (Wildman–Crippen MR) is 119 cm³/mol. The summed E-state index contributed by atoms with van der Waals surface area (Å²) in [6, 6.07) is 12.1. The fraction of sp³-hybridized carbons (Fsp3) is 0.286. The summed E-state index contributed by atoms with van der Waals surface area (Å²) in [4.78, 5) is 14.5. The molecule has 6 nitrogen and oxygen atoms in total. The van der Waals surface area contributed by atoms with Gasteiger partial charge in [-0.15, -0.1) is 10.2 Å². The van der Waals surface area contributed by atoms with Gasteiger partial charge in [0.1, 0.15) is 0 Å². The first-order valence-corrected chi connectivity index (χ1v) is 11.2. The van der Waals surface area contributed by atoms with Crippen LogP contribution < -0.4 is 10.2 Å². The quantitative estimate of drug-likeness (QED) is 0.486. The number of amides is 1. The number of halogens is 4. The highest BCUT2D eigenvalue weighted by Crippen LogP contribution is 2.35. The number of hydrogen-bond acceptors (Lipinski definition) is 5.